The maximum atomic E-state index is 10.2. The van der Waals surface area contributed by atoms with Gasteiger partial charge in [0.2, 0.25) is 0 Å². The van der Waals surface area contributed by atoms with Crippen LogP contribution < -0.4 is 0 Å². The van der Waals surface area contributed by atoms with Crippen molar-refractivity contribution in [2.24, 2.45) is 22.7 Å². The SMILES string of the molecule is CC(CC(O)C(O)CC(C)(C)C(C)CO)C(C)(C)CO. The van der Waals surface area contributed by atoms with Crippen molar-refractivity contribution in [2.45, 2.75) is 66.6 Å². The van der Waals surface area contributed by atoms with Crippen molar-refractivity contribution in [2.75, 3.05) is 13.2 Å². The molecule has 4 nitrogen and oxygen atoms in total. The Morgan fingerprint density at radius 1 is 0.800 bits per heavy atom. The Morgan fingerprint density at radius 3 is 1.70 bits per heavy atom. The lowest BCUT2D eigenvalue weighted by atomic mass is 9.73. The number of hydrogen-bond donors (Lipinski definition) is 4. The van der Waals surface area contributed by atoms with E-state index in [2.05, 4.69) is 0 Å². The minimum Gasteiger partial charge on any atom is -0.396 e. The summed E-state index contributed by atoms with van der Waals surface area (Å²) in [5.74, 6) is 0.172. The summed E-state index contributed by atoms with van der Waals surface area (Å²) in [6, 6.07) is 0. The van der Waals surface area contributed by atoms with E-state index >= 15 is 0 Å². The molecule has 0 spiro atoms. The highest BCUT2D eigenvalue weighted by molar-refractivity contribution is 4.84. The molecule has 0 aliphatic carbocycles. The fraction of sp³-hybridized carbons (Fsp3) is 1.00. The Balaban J connectivity index is 4.53. The Kier molecular flexibility index (Phi) is 7.67. The predicted molar refractivity (Wildman–Crippen MR) is 81.3 cm³/mol. The van der Waals surface area contributed by atoms with E-state index in [1.165, 1.54) is 0 Å². The Bertz CT molecular complexity index is 276. The summed E-state index contributed by atoms with van der Waals surface area (Å²) in [6.45, 7) is 11.9. The zero-order valence-corrected chi connectivity index (χ0v) is 13.9. The molecule has 20 heavy (non-hydrogen) atoms. The van der Waals surface area contributed by atoms with Crippen molar-refractivity contribution in [3.63, 3.8) is 0 Å². The van der Waals surface area contributed by atoms with Gasteiger partial charge in [0.15, 0.2) is 0 Å². The third-order valence-electron chi connectivity index (χ3n) is 5.12. The molecular weight excluding hydrogens is 256 g/mol. The first-order valence-corrected chi connectivity index (χ1v) is 7.55. The van der Waals surface area contributed by atoms with Gasteiger partial charge >= 0.3 is 0 Å². The second-order valence-corrected chi connectivity index (χ2v) is 7.69. The molecule has 4 atom stereocenters. The fourth-order valence-electron chi connectivity index (χ4n) is 2.12. The maximum Gasteiger partial charge on any atom is 0.0804 e. The number of rotatable bonds is 9. The van der Waals surface area contributed by atoms with Gasteiger partial charge in [0, 0.05) is 13.2 Å². The zero-order chi connectivity index (χ0) is 16.1. The average Bonchev–Trinajstić information content (AvgIpc) is 2.36. The molecule has 4 heteroatoms. The van der Waals surface area contributed by atoms with Crippen molar-refractivity contribution in [3.05, 3.63) is 0 Å². The van der Waals surface area contributed by atoms with E-state index in [0.29, 0.717) is 12.8 Å². The maximum absolute atomic E-state index is 10.2. The molecule has 0 bridgehead atoms. The highest BCUT2D eigenvalue weighted by atomic mass is 16.3. The summed E-state index contributed by atoms with van der Waals surface area (Å²) in [5, 5.41) is 38.9. The monoisotopic (exact) mass is 290 g/mol. The van der Waals surface area contributed by atoms with Gasteiger partial charge in [-0.3, -0.25) is 0 Å². The molecule has 0 rings (SSSR count). The smallest absolute Gasteiger partial charge is 0.0804 e. The summed E-state index contributed by atoms with van der Waals surface area (Å²) in [6.07, 6.45) is -0.711. The summed E-state index contributed by atoms with van der Waals surface area (Å²) in [7, 11) is 0. The first kappa shape index (κ1) is 19.8. The van der Waals surface area contributed by atoms with Gasteiger partial charge in [-0.15, -0.1) is 0 Å². The third kappa shape index (κ3) is 5.68. The number of hydrogen-bond acceptors (Lipinski definition) is 4. The van der Waals surface area contributed by atoms with Crippen LogP contribution in [0.3, 0.4) is 0 Å². The van der Waals surface area contributed by atoms with Crippen LogP contribution in [0.4, 0.5) is 0 Å². The van der Waals surface area contributed by atoms with Crippen LogP contribution in [0, 0.1) is 22.7 Å². The van der Waals surface area contributed by atoms with E-state index in [4.69, 9.17) is 0 Å². The number of aliphatic hydroxyl groups is 4. The van der Waals surface area contributed by atoms with E-state index < -0.39 is 12.2 Å². The molecule has 0 amide bonds. The van der Waals surface area contributed by atoms with Gasteiger partial charge in [-0.1, -0.05) is 41.5 Å². The molecule has 0 aromatic carbocycles. The second kappa shape index (κ2) is 7.74. The standard InChI is InChI=1S/C16H34O4/c1-11(16(5,6)10-18)7-13(19)14(20)8-15(3,4)12(2)9-17/h11-14,17-20H,7-10H2,1-6H3. The first-order valence-electron chi connectivity index (χ1n) is 7.55. The van der Waals surface area contributed by atoms with Gasteiger partial charge in [0.05, 0.1) is 12.2 Å². The van der Waals surface area contributed by atoms with Gasteiger partial charge in [-0.05, 0) is 35.5 Å². The molecule has 4 unspecified atom stereocenters. The van der Waals surface area contributed by atoms with Crippen molar-refractivity contribution in [3.8, 4) is 0 Å². The Hall–Kier alpha value is -0.160. The highest BCUT2D eigenvalue weighted by Gasteiger charge is 2.33. The molecule has 0 saturated heterocycles. The highest BCUT2D eigenvalue weighted by Crippen LogP contribution is 2.35. The van der Waals surface area contributed by atoms with Crippen molar-refractivity contribution in [1.82, 2.24) is 0 Å². The lowest BCUT2D eigenvalue weighted by molar-refractivity contribution is -0.0415. The molecule has 0 heterocycles. The molecule has 0 saturated carbocycles. The zero-order valence-electron chi connectivity index (χ0n) is 13.9. The summed E-state index contributed by atoms with van der Waals surface area (Å²) < 4.78 is 0. The van der Waals surface area contributed by atoms with E-state index in [0.717, 1.165) is 0 Å². The van der Waals surface area contributed by atoms with Crippen LogP contribution in [0.15, 0.2) is 0 Å². The molecule has 0 fully saturated rings. The van der Waals surface area contributed by atoms with Crippen LogP contribution in [0.1, 0.15) is 54.4 Å². The molecule has 4 N–H and O–H groups in total. The fourth-order valence-corrected chi connectivity index (χ4v) is 2.12. The molecule has 0 aromatic heterocycles. The van der Waals surface area contributed by atoms with Gasteiger partial charge in [0.25, 0.3) is 0 Å². The van der Waals surface area contributed by atoms with Crippen LogP contribution >= 0.6 is 0 Å². The normalized spacial score (nSPS) is 19.5. The van der Waals surface area contributed by atoms with Crippen molar-refractivity contribution in [1.29, 1.82) is 0 Å². The van der Waals surface area contributed by atoms with E-state index in [1.54, 1.807) is 0 Å². The summed E-state index contributed by atoms with van der Waals surface area (Å²) in [5.41, 5.74) is -0.501. The minimum atomic E-state index is -0.809. The van der Waals surface area contributed by atoms with Crippen LogP contribution in [-0.4, -0.2) is 45.8 Å². The Labute approximate surface area is 123 Å². The van der Waals surface area contributed by atoms with Crippen molar-refractivity contribution >= 4 is 0 Å². The van der Waals surface area contributed by atoms with Gasteiger partial charge in [-0.2, -0.15) is 0 Å². The van der Waals surface area contributed by atoms with E-state index in [1.807, 2.05) is 41.5 Å². The van der Waals surface area contributed by atoms with Gasteiger partial charge in [0.1, 0.15) is 0 Å². The van der Waals surface area contributed by atoms with Crippen LogP contribution in [0.25, 0.3) is 0 Å². The van der Waals surface area contributed by atoms with E-state index in [9.17, 15) is 20.4 Å². The Morgan fingerprint density at radius 2 is 1.30 bits per heavy atom. The minimum absolute atomic E-state index is 0.0595. The largest absolute Gasteiger partial charge is 0.396 e. The molecule has 0 radical (unpaired) electrons. The first-order chi connectivity index (χ1) is 8.97. The predicted octanol–water partition coefficient (Wildman–Crippen LogP) is 1.80. The van der Waals surface area contributed by atoms with Crippen LogP contribution in [-0.2, 0) is 0 Å². The molecule has 0 aliphatic heterocycles. The molecule has 0 aliphatic rings. The number of aliphatic hydroxyl groups excluding tert-OH is 4. The van der Waals surface area contributed by atoms with Gasteiger partial charge in [-0.25, -0.2) is 0 Å². The summed E-state index contributed by atoms with van der Waals surface area (Å²) >= 11 is 0. The van der Waals surface area contributed by atoms with E-state index in [-0.39, 0.29) is 35.9 Å². The van der Waals surface area contributed by atoms with Crippen LogP contribution in [0.5, 0.6) is 0 Å². The quantitative estimate of drug-likeness (QED) is 0.522. The molecular formula is C16H34O4. The average molecular weight is 290 g/mol. The summed E-state index contributed by atoms with van der Waals surface area (Å²) in [4.78, 5) is 0. The third-order valence-corrected chi connectivity index (χ3v) is 5.12. The topological polar surface area (TPSA) is 80.9 Å². The lowest BCUT2D eigenvalue weighted by Gasteiger charge is -2.36. The molecule has 0 aromatic rings. The lowest BCUT2D eigenvalue weighted by Crippen LogP contribution is -2.38. The van der Waals surface area contributed by atoms with Gasteiger partial charge < -0.3 is 20.4 Å². The van der Waals surface area contributed by atoms with Crippen LogP contribution in [0.2, 0.25) is 0 Å². The van der Waals surface area contributed by atoms with Crippen molar-refractivity contribution < 1.29 is 20.4 Å². The second-order valence-electron chi connectivity index (χ2n) is 7.69. The molecule has 122 valence electrons.